The van der Waals surface area contributed by atoms with E-state index in [0.717, 1.165) is 0 Å². The number of hydrogen-bond donors (Lipinski definition) is 1. The van der Waals surface area contributed by atoms with Crippen molar-refractivity contribution < 1.29 is 23.9 Å². The van der Waals surface area contributed by atoms with Gasteiger partial charge in [-0.25, -0.2) is 4.79 Å². The number of benzene rings is 1. The van der Waals surface area contributed by atoms with Gasteiger partial charge in [0.15, 0.2) is 0 Å². The van der Waals surface area contributed by atoms with E-state index in [1.54, 1.807) is 58.9 Å². The summed E-state index contributed by atoms with van der Waals surface area (Å²) in [6, 6.07) is 8.00. The van der Waals surface area contributed by atoms with Crippen molar-refractivity contribution in [2.24, 2.45) is 5.92 Å². The first-order valence-corrected chi connectivity index (χ1v) is 8.43. The van der Waals surface area contributed by atoms with Crippen LogP contribution in [-0.2, 0) is 19.1 Å². The highest BCUT2D eigenvalue weighted by Gasteiger charge is 2.37. The van der Waals surface area contributed by atoms with Gasteiger partial charge in [-0.2, -0.15) is 0 Å². The molecule has 6 nitrogen and oxygen atoms in total. The summed E-state index contributed by atoms with van der Waals surface area (Å²) in [6.07, 6.45) is -0.539. The molecule has 1 aromatic carbocycles. The molecule has 1 rings (SSSR count). The molecule has 0 saturated carbocycles. The monoisotopic (exact) mass is 349 g/mol. The lowest BCUT2D eigenvalue weighted by atomic mass is 9.88. The number of rotatable bonds is 7. The normalized spacial score (nSPS) is 13.5. The second kappa shape index (κ2) is 9.20. The van der Waals surface area contributed by atoms with Gasteiger partial charge in [0, 0.05) is 6.42 Å². The Hall–Kier alpha value is -2.37. The molecule has 1 aromatic rings. The van der Waals surface area contributed by atoms with Crippen LogP contribution in [0.3, 0.4) is 0 Å². The van der Waals surface area contributed by atoms with Crippen molar-refractivity contribution in [1.29, 1.82) is 0 Å². The van der Waals surface area contributed by atoms with Gasteiger partial charge in [-0.05, 0) is 33.3 Å². The molecule has 6 heteroatoms. The molecule has 25 heavy (non-hydrogen) atoms. The molecule has 0 unspecified atom stereocenters. The van der Waals surface area contributed by atoms with Gasteiger partial charge >= 0.3 is 12.1 Å². The SMILES string of the molecule is CCOC(=O)[C@@H](C(=O)CC)[C@H](NC(=O)OC(C)(C)C)c1ccccc1. The molecule has 138 valence electrons. The Morgan fingerprint density at radius 1 is 1.08 bits per heavy atom. The molecule has 0 radical (unpaired) electrons. The molecule has 0 saturated heterocycles. The number of hydrogen-bond acceptors (Lipinski definition) is 5. The maximum atomic E-state index is 12.4. The van der Waals surface area contributed by atoms with Gasteiger partial charge in [-0.3, -0.25) is 9.59 Å². The lowest BCUT2D eigenvalue weighted by molar-refractivity contribution is -0.152. The average Bonchev–Trinajstić information content (AvgIpc) is 2.53. The zero-order valence-corrected chi connectivity index (χ0v) is 15.5. The third-order valence-electron chi connectivity index (χ3n) is 3.40. The van der Waals surface area contributed by atoms with Gasteiger partial charge in [0.25, 0.3) is 0 Å². The van der Waals surface area contributed by atoms with Gasteiger partial charge < -0.3 is 14.8 Å². The number of nitrogens with one attached hydrogen (secondary N) is 1. The summed E-state index contributed by atoms with van der Waals surface area (Å²) < 4.78 is 10.3. The van der Waals surface area contributed by atoms with Crippen LogP contribution in [0.25, 0.3) is 0 Å². The maximum Gasteiger partial charge on any atom is 0.408 e. The molecular formula is C19H27NO5. The fraction of sp³-hybridized carbons (Fsp3) is 0.526. The van der Waals surface area contributed by atoms with E-state index in [0.29, 0.717) is 5.56 Å². The van der Waals surface area contributed by atoms with E-state index in [1.807, 2.05) is 6.07 Å². The van der Waals surface area contributed by atoms with Crippen LogP contribution >= 0.6 is 0 Å². The second-order valence-electron chi connectivity index (χ2n) is 6.58. The molecule has 0 spiro atoms. The molecule has 2 atom stereocenters. The summed E-state index contributed by atoms with van der Waals surface area (Å²) in [4.78, 5) is 37.0. The highest BCUT2D eigenvalue weighted by atomic mass is 16.6. The molecule has 0 aromatic heterocycles. The van der Waals surface area contributed by atoms with Crippen LogP contribution in [0.5, 0.6) is 0 Å². The van der Waals surface area contributed by atoms with E-state index < -0.39 is 29.6 Å². The van der Waals surface area contributed by atoms with E-state index in [4.69, 9.17) is 9.47 Å². The Bertz CT molecular complexity index is 592. The first-order chi connectivity index (χ1) is 11.7. The van der Waals surface area contributed by atoms with Gasteiger partial charge in [0.1, 0.15) is 17.3 Å². The molecule has 1 amide bonds. The van der Waals surface area contributed by atoms with Crippen molar-refractivity contribution in [3.8, 4) is 0 Å². The van der Waals surface area contributed by atoms with Crippen molar-refractivity contribution in [3.05, 3.63) is 35.9 Å². The maximum absolute atomic E-state index is 12.4. The highest BCUT2D eigenvalue weighted by Crippen LogP contribution is 2.26. The molecule has 0 heterocycles. The van der Waals surface area contributed by atoms with Crippen molar-refractivity contribution in [2.45, 2.75) is 52.7 Å². The lowest BCUT2D eigenvalue weighted by Crippen LogP contribution is -2.43. The van der Waals surface area contributed by atoms with Gasteiger partial charge in [0.2, 0.25) is 0 Å². The zero-order valence-electron chi connectivity index (χ0n) is 15.5. The summed E-state index contributed by atoms with van der Waals surface area (Å²) in [5.74, 6) is -2.08. The van der Waals surface area contributed by atoms with E-state index in [2.05, 4.69) is 5.32 Å². The van der Waals surface area contributed by atoms with Crippen molar-refractivity contribution in [1.82, 2.24) is 5.32 Å². The fourth-order valence-electron chi connectivity index (χ4n) is 2.36. The number of amides is 1. The summed E-state index contributed by atoms with van der Waals surface area (Å²) >= 11 is 0. The Labute approximate surface area is 148 Å². The largest absolute Gasteiger partial charge is 0.465 e. The molecular weight excluding hydrogens is 322 g/mol. The molecule has 0 aliphatic rings. The summed E-state index contributed by atoms with van der Waals surface area (Å²) in [7, 11) is 0. The minimum atomic E-state index is -1.13. The van der Waals surface area contributed by atoms with Crippen LogP contribution in [0, 0.1) is 5.92 Å². The van der Waals surface area contributed by atoms with E-state index in [-0.39, 0.29) is 18.8 Å². The van der Waals surface area contributed by atoms with Gasteiger partial charge in [0.05, 0.1) is 12.6 Å². The predicted molar refractivity (Wildman–Crippen MR) is 94.0 cm³/mol. The number of ether oxygens (including phenoxy) is 2. The topological polar surface area (TPSA) is 81.7 Å². The lowest BCUT2D eigenvalue weighted by Gasteiger charge is -2.27. The number of carbonyl (C=O) groups excluding carboxylic acids is 3. The van der Waals surface area contributed by atoms with Crippen LogP contribution < -0.4 is 5.32 Å². The summed E-state index contributed by atoms with van der Waals surface area (Å²) in [5.41, 5.74) is -0.0623. The number of carbonyl (C=O) groups is 3. The van der Waals surface area contributed by atoms with E-state index >= 15 is 0 Å². The van der Waals surface area contributed by atoms with Crippen molar-refractivity contribution in [3.63, 3.8) is 0 Å². The molecule has 0 fully saturated rings. The Balaban J connectivity index is 3.20. The third-order valence-corrected chi connectivity index (χ3v) is 3.40. The van der Waals surface area contributed by atoms with Crippen LogP contribution in [0.2, 0.25) is 0 Å². The van der Waals surface area contributed by atoms with Crippen molar-refractivity contribution in [2.75, 3.05) is 6.61 Å². The quantitative estimate of drug-likeness (QED) is 0.602. The number of Topliss-reactive ketones (excluding diaryl/α,β-unsaturated/α-hetero) is 1. The first kappa shape index (κ1) is 20.7. The molecule has 1 N–H and O–H groups in total. The Morgan fingerprint density at radius 2 is 1.68 bits per heavy atom. The second-order valence-corrected chi connectivity index (χ2v) is 6.58. The molecule has 0 aliphatic carbocycles. The summed E-state index contributed by atoms with van der Waals surface area (Å²) in [5, 5.41) is 2.66. The van der Waals surface area contributed by atoms with E-state index in [1.165, 1.54) is 0 Å². The minimum Gasteiger partial charge on any atom is -0.465 e. The number of alkyl carbamates (subject to hydrolysis) is 1. The van der Waals surface area contributed by atoms with Crippen LogP contribution in [0.4, 0.5) is 4.79 Å². The predicted octanol–water partition coefficient (Wildman–Crippen LogP) is 3.41. The van der Waals surface area contributed by atoms with E-state index in [9.17, 15) is 14.4 Å². The summed E-state index contributed by atoms with van der Waals surface area (Å²) in [6.45, 7) is 8.72. The fourth-order valence-corrected chi connectivity index (χ4v) is 2.36. The Kier molecular flexibility index (Phi) is 7.61. The average molecular weight is 349 g/mol. The molecule has 0 aliphatic heterocycles. The van der Waals surface area contributed by atoms with Gasteiger partial charge in [-0.1, -0.05) is 37.3 Å². The van der Waals surface area contributed by atoms with Crippen LogP contribution in [-0.4, -0.2) is 30.1 Å². The zero-order chi connectivity index (χ0) is 19.0. The van der Waals surface area contributed by atoms with Crippen LogP contribution in [0.1, 0.15) is 52.6 Å². The van der Waals surface area contributed by atoms with Gasteiger partial charge in [-0.15, -0.1) is 0 Å². The highest BCUT2D eigenvalue weighted by molar-refractivity contribution is 6.00. The smallest absolute Gasteiger partial charge is 0.408 e. The van der Waals surface area contributed by atoms with Crippen molar-refractivity contribution >= 4 is 17.8 Å². The number of esters is 1. The standard InChI is InChI=1S/C19H27NO5/c1-6-14(21)15(17(22)24-7-2)16(13-11-9-8-10-12-13)20-18(23)25-19(3,4)5/h8-12,15-16H,6-7H2,1-5H3,(H,20,23)/t15-,16+/m0/s1. The Morgan fingerprint density at radius 3 is 2.16 bits per heavy atom. The molecule has 0 bridgehead atoms. The first-order valence-electron chi connectivity index (χ1n) is 8.43. The minimum absolute atomic E-state index is 0.153. The number of ketones is 1. The third kappa shape index (κ3) is 6.57. The van der Waals surface area contributed by atoms with Crippen LogP contribution in [0.15, 0.2) is 30.3 Å².